The summed E-state index contributed by atoms with van der Waals surface area (Å²) in [5.74, 6) is 0. The molecule has 2 heterocycles. The highest BCUT2D eigenvalue weighted by molar-refractivity contribution is 7.89. The van der Waals surface area contributed by atoms with Crippen LogP contribution in [-0.4, -0.2) is 45.5 Å². The maximum absolute atomic E-state index is 12.5. The van der Waals surface area contributed by atoms with Gasteiger partial charge in [-0.15, -0.1) is 11.3 Å². The third-order valence-corrected chi connectivity index (χ3v) is 6.59. The minimum atomic E-state index is -3.39. The Morgan fingerprint density at radius 3 is 2.90 bits per heavy atom. The van der Waals surface area contributed by atoms with Crippen LogP contribution in [0.4, 0.5) is 0 Å². The van der Waals surface area contributed by atoms with Crippen molar-refractivity contribution in [3.05, 3.63) is 16.3 Å². The normalized spacial score (nSPS) is 24.4. The fourth-order valence-electron chi connectivity index (χ4n) is 2.80. The molecule has 0 spiro atoms. The Morgan fingerprint density at radius 2 is 2.20 bits per heavy atom. The Kier molecular flexibility index (Phi) is 4.14. The Hall–Kier alpha value is -0.470. The van der Waals surface area contributed by atoms with Crippen molar-refractivity contribution in [2.45, 2.75) is 42.8 Å². The molecule has 1 saturated carbocycles. The van der Waals surface area contributed by atoms with Gasteiger partial charge in [0, 0.05) is 36.6 Å². The lowest BCUT2D eigenvalue weighted by molar-refractivity contribution is 0.322. The summed E-state index contributed by atoms with van der Waals surface area (Å²) >= 11 is 1.48. The van der Waals surface area contributed by atoms with Crippen LogP contribution >= 0.6 is 11.3 Å². The van der Waals surface area contributed by atoms with Crippen LogP contribution in [0.15, 0.2) is 16.3 Å². The van der Waals surface area contributed by atoms with Crippen molar-refractivity contribution in [3.63, 3.8) is 0 Å². The Bertz CT molecular complexity index is 566. The zero-order chi connectivity index (χ0) is 14.2. The molecule has 0 aromatic carbocycles. The predicted molar refractivity (Wildman–Crippen MR) is 80.4 cm³/mol. The molecule has 1 saturated heterocycles. The van der Waals surface area contributed by atoms with E-state index in [1.54, 1.807) is 6.07 Å². The highest BCUT2D eigenvalue weighted by Crippen LogP contribution is 2.30. The number of hydrogen-bond donors (Lipinski definition) is 2. The van der Waals surface area contributed by atoms with Crippen molar-refractivity contribution in [1.82, 2.24) is 14.9 Å². The largest absolute Gasteiger partial charge is 0.315 e. The standard InChI is InChI=1S/C13H21N3O2S2/c1-14-8-12-13(5-7-19-12)20(17,18)15-10-4-6-16(9-10)11-2-3-11/h5,7,10-11,14-15H,2-4,6,8-9H2,1H3. The SMILES string of the molecule is CNCc1sccc1S(=O)(=O)NC1CCN(C2CC2)C1. The van der Waals surface area contributed by atoms with E-state index >= 15 is 0 Å². The van der Waals surface area contributed by atoms with Crippen LogP contribution in [-0.2, 0) is 16.6 Å². The van der Waals surface area contributed by atoms with E-state index in [1.165, 1.54) is 24.2 Å². The van der Waals surface area contributed by atoms with Crippen molar-refractivity contribution >= 4 is 21.4 Å². The minimum Gasteiger partial charge on any atom is -0.315 e. The van der Waals surface area contributed by atoms with Gasteiger partial charge in [0.1, 0.15) is 0 Å². The van der Waals surface area contributed by atoms with E-state index < -0.39 is 10.0 Å². The lowest BCUT2D eigenvalue weighted by Gasteiger charge is -2.16. The average Bonchev–Trinajstić information content (AvgIpc) is 2.95. The number of rotatable bonds is 6. The summed E-state index contributed by atoms with van der Waals surface area (Å²) < 4.78 is 27.9. The monoisotopic (exact) mass is 315 g/mol. The summed E-state index contributed by atoms with van der Waals surface area (Å²) in [6, 6.07) is 2.47. The molecule has 2 fully saturated rings. The van der Waals surface area contributed by atoms with Crippen LogP contribution in [0.1, 0.15) is 24.1 Å². The molecule has 1 aliphatic heterocycles. The van der Waals surface area contributed by atoms with E-state index in [1.807, 2.05) is 12.4 Å². The lowest BCUT2D eigenvalue weighted by atomic mass is 10.3. The topological polar surface area (TPSA) is 61.4 Å². The Balaban J connectivity index is 1.67. The molecule has 1 atom stereocenters. The van der Waals surface area contributed by atoms with Crippen molar-refractivity contribution in [1.29, 1.82) is 0 Å². The zero-order valence-electron chi connectivity index (χ0n) is 11.6. The van der Waals surface area contributed by atoms with Gasteiger partial charge in [0.2, 0.25) is 10.0 Å². The molecular formula is C13H21N3O2S2. The summed E-state index contributed by atoms with van der Waals surface area (Å²) in [5.41, 5.74) is 0. The summed E-state index contributed by atoms with van der Waals surface area (Å²) in [5, 5.41) is 4.86. The Morgan fingerprint density at radius 1 is 1.40 bits per heavy atom. The second kappa shape index (κ2) is 5.73. The Labute approximate surface area is 124 Å². The summed E-state index contributed by atoms with van der Waals surface area (Å²) in [7, 11) is -1.56. The molecule has 0 amide bonds. The molecule has 2 aliphatic rings. The van der Waals surface area contributed by atoms with E-state index in [9.17, 15) is 8.42 Å². The molecule has 1 unspecified atom stereocenters. The van der Waals surface area contributed by atoms with E-state index in [2.05, 4.69) is 14.9 Å². The number of thiophene rings is 1. The molecule has 3 rings (SSSR count). The molecule has 0 bridgehead atoms. The van der Waals surface area contributed by atoms with Gasteiger partial charge in [-0.2, -0.15) is 0 Å². The van der Waals surface area contributed by atoms with Crippen molar-refractivity contribution < 1.29 is 8.42 Å². The summed E-state index contributed by atoms with van der Waals surface area (Å²) in [6.45, 7) is 2.47. The van der Waals surface area contributed by atoms with Crippen LogP contribution in [0.3, 0.4) is 0 Å². The van der Waals surface area contributed by atoms with Crippen LogP contribution < -0.4 is 10.0 Å². The summed E-state index contributed by atoms with van der Waals surface area (Å²) in [6.07, 6.45) is 3.47. The molecule has 112 valence electrons. The number of likely N-dealkylation sites (tertiary alicyclic amines) is 1. The third kappa shape index (κ3) is 3.07. The number of nitrogens with zero attached hydrogens (tertiary/aromatic N) is 1. The highest BCUT2D eigenvalue weighted by atomic mass is 32.2. The number of sulfonamides is 1. The predicted octanol–water partition coefficient (Wildman–Crippen LogP) is 0.982. The molecular weight excluding hydrogens is 294 g/mol. The van der Waals surface area contributed by atoms with Crippen molar-refractivity contribution in [2.75, 3.05) is 20.1 Å². The lowest BCUT2D eigenvalue weighted by Crippen LogP contribution is -2.37. The highest BCUT2D eigenvalue weighted by Gasteiger charge is 2.36. The van der Waals surface area contributed by atoms with Gasteiger partial charge in [0.25, 0.3) is 0 Å². The minimum absolute atomic E-state index is 0.0583. The smallest absolute Gasteiger partial charge is 0.242 e. The molecule has 20 heavy (non-hydrogen) atoms. The van der Waals surface area contributed by atoms with Crippen molar-refractivity contribution in [2.24, 2.45) is 0 Å². The van der Waals surface area contributed by atoms with E-state index in [4.69, 9.17) is 0 Å². The van der Waals surface area contributed by atoms with Crippen LogP contribution in [0, 0.1) is 0 Å². The van der Waals surface area contributed by atoms with Gasteiger partial charge in [-0.05, 0) is 37.8 Å². The van der Waals surface area contributed by atoms with Gasteiger partial charge >= 0.3 is 0 Å². The molecule has 2 N–H and O–H groups in total. The molecule has 1 aromatic heterocycles. The number of hydrogen-bond acceptors (Lipinski definition) is 5. The second-order valence-corrected chi connectivity index (χ2v) is 8.25. The third-order valence-electron chi connectivity index (χ3n) is 3.94. The average molecular weight is 315 g/mol. The van der Waals surface area contributed by atoms with Crippen LogP contribution in [0.25, 0.3) is 0 Å². The molecule has 1 aromatic rings. The maximum atomic E-state index is 12.5. The van der Waals surface area contributed by atoms with Gasteiger partial charge in [-0.3, -0.25) is 4.90 Å². The molecule has 0 radical (unpaired) electrons. The van der Waals surface area contributed by atoms with Gasteiger partial charge in [-0.25, -0.2) is 13.1 Å². The van der Waals surface area contributed by atoms with E-state index in [-0.39, 0.29) is 6.04 Å². The first kappa shape index (κ1) is 14.5. The first-order valence-corrected chi connectivity index (χ1v) is 9.44. The first-order chi connectivity index (χ1) is 9.60. The fourth-order valence-corrected chi connectivity index (χ4v) is 5.51. The second-order valence-electron chi connectivity index (χ2n) is 5.57. The van der Waals surface area contributed by atoms with Gasteiger partial charge in [0.15, 0.2) is 0 Å². The maximum Gasteiger partial charge on any atom is 0.242 e. The van der Waals surface area contributed by atoms with E-state index in [0.717, 1.165) is 24.4 Å². The summed E-state index contributed by atoms with van der Waals surface area (Å²) in [4.78, 5) is 3.72. The van der Waals surface area contributed by atoms with Crippen LogP contribution in [0.5, 0.6) is 0 Å². The molecule has 5 nitrogen and oxygen atoms in total. The number of nitrogens with one attached hydrogen (secondary N) is 2. The van der Waals surface area contributed by atoms with E-state index in [0.29, 0.717) is 17.5 Å². The fraction of sp³-hybridized carbons (Fsp3) is 0.692. The van der Waals surface area contributed by atoms with Crippen LogP contribution in [0.2, 0.25) is 0 Å². The molecule has 1 aliphatic carbocycles. The quantitative estimate of drug-likeness (QED) is 0.822. The first-order valence-electron chi connectivity index (χ1n) is 7.07. The zero-order valence-corrected chi connectivity index (χ0v) is 13.3. The van der Waals surface area contributed by atoms with Gasteiger partial charge < -0.3 is 5.32 Å². The van der Waals surface area contributed by atoms with Gasteiger partial charge in [-0.1, -0.05) is 0 Å². The van der Waals surface area contributed by atoms with Gasteiger partial charge in [0.05, 0.1) is 4.90 Å². The van der Waals surface area contributed by atoms with Crippen molar-refractivity contribution in [3.8, 4) is 0 Å². The molecule has 7 heteroatoms.